The molecule has 3 heteroatoms. The summed E-state index contributed by atoms with van der Waals surface area (Å²) in [7, 11) is 0. The molecule has 0 saturated carbocycles. The number of para-hydroxylation sites is 1. The van der Waals surface area contributed by atoms with Crippen LogP contribution in [-0.2, 0) is 12.8 Å². The average molecular weight is 333 g/mol. The van der Waals surface area contributed by atoms with Crippen LogP contribution in [0.25, 0.3) is 0 Å². The Morgan fingerprint density at radius 2 is 1.04 bits per heavy atom. The van der Waals surface area contributed by atoms with Gasteiger partial charge in [-0.3, -0.25) is 0 Å². The van der Waals surface area contributed by atoms with Crippen molar-refractivity contribution in [2.75, 3.05) is 18.1 Å². The highest BCUT2D eigenvalue weighted by molar-refractivity contribution is 5.76. The van der Waals surface area contributed by atoms with E-state index in [1.165, 1.54) is 0 Å². The summed E-state index contributed by atoms with van der Waals surface area (Å²) in [5, 5.41) is 18.5. The standard InChI is InChI=1S/C22H23NO2/c24-14-12-18-6-4-10-21(16-18)23(20-8-2-1-3-9-20)22-11-5-7-19(17-22)13-15-25/h1-11,16-17,24-25H,12-15H2. The van der Waals surface area contributed by atoms with Crippen LogP contribution in [0, 0.1) is 0 Å². The zero-order valence-corrected chi connectivity index (χ0v) is 14.2. The van der Waals surface area contributed by atoms with E-state index in [9.17, 15) is 10.2 Å². The van der Waals surface area contributed by atoms with Gasteiger partial charge in [-0.15, -0.1) is 0 Å². The van der Waals surface area contributed by atoms with Crippen molar-refractivity contribution >= 4 is 17.1 Å². The number of anilines is 3. The number of hydrogen-bond donors (Lipinski definition) is 2. The summed E-state index contributed by atoms with van der Waals surface area (Å²) < 4.78 is 0. The molecule has 0 saturated heterocycles. The topological polar surface area (TPSA) is 43.7 Å². The lowest BCUT2D eigenvalue weighted by molar-refractivity contribution is 0.299. The number of aliphatic hydroxyl groups excluding tert-OH is 2. The molecule has 0 bridgehead atoms. The zero-order valence-electron chi connectivity index (χ0n) is 14.2. The summed E-state index contributed by atoms with van der Waals surface area (Å²) in [6, 6.07) is 26.7. The maximum absolute atomic E-state index is 9.24. The van der Waals surface area contributed by atoms with Crippen LogP contribution >= 0.6 is 0 Å². The van der Waals surface area contributed by atoms with Crippen LogP contribution in [0.5, 0.6) is 0 Å². The molecule has 128 valence electrons. The minimum atomic E-state index is 0.140. The van der Waals surface area contributed by atoms with E-state index in [0.717, 1.165) is 28.2 Å². The summed E-state index contributed by atoms with van der Waals surface area (Å²) in [5.41, 5.74) is 5.39. The van der Waals surface area contributed by atoms with Gasteiger partial charge in [-0.05, 0) is 60.4 Å². The third kappa shape index (κ3) is 4.27. The average Bonchev–Trinajstić information content (AvgIpc) is 2.64. The Morgan fingerprint density at radius 1 is 0.560 bits per heavy atom. The summed E-state index contributed by atoms with van der Waals surface area (Å²) in [5.74, 6) is 0. The third-order valence-electron chi connectivity index (χ3n) is 4.15. The van der Waals surface area contributed by atoms with Crippen molar-refractivity contribution in [3.63, 3.8) is 0 Å². The molecule has 0 aliphatic carbocycles. The summed E-state index contributed by atoms with van der Waals surface area (Å²) >= 11 is 0. The van der Waals surface area contributed by atoms with Gasteiger partial charge in [0.05, 0.1) is 0 Å². The van der Waals surface area contributed by atoms with Gasteiger partial charge in [-0.1, -0.05) is 42.5 Å². The first-order valence-corrected chi connectivity index (χ1v) is 8.56. The van der Waals surface area contributed by atoms with E-state index in [2.05, 4.69) is 41.3 Å². The lowest BCUT2D eigenvalue weighted by atomic mass is 10.1. The van der Waals surface area contributed by atoms with Crippen LogP contribution in [-0.4, -0.2) is 23.4 Å². The molecule has 0 fully saturated rings. The van der Waals surface area contributed by atoms with Crippen molar-refractivity contribution in [3.8, 4) is 0 Å². The molecule has 0 heterocycles. The highest BCUT2D eigenvalue weighted by Gasteiger charge is 2.13. The first-order chi connectivity index (χ1) is 12.3. The van der Waals surface area contributed by atoms with E-state index >= 15 is 0 Å². The summed E-state index contributed by atoms with van der Waals surface area (Å²) in [6.07, 6.45) is 1.28. The lowest BCUT2D eigenvalue weighted by Crippen LogP contribution is -2.10. The zero-order chi connectivity index (χ0) is 17.5. The van der Waals surface area contributed by atoms with E-state index in [-0.39, 0.29) is 13.2 Å². The second-order valence-electron chi connectivity index (χ2n) is 5.96. The van der Waals surface area contributed by atoms with Gasteiger partial charge in [-0.2, -0.15) is 0 Å². The number of rotatable bonds is 7. The Bertz CT molecular complexity index is 752. The van der Waals surface area contributed by atoms with Crippen LogP contribution < -0.4 is 4.90 Å². The molecule has 0 unspecified atom stereocenters. The fourth-order valence-electron chi connectivity index (χ4n) is 2.98. The summed E-state index contributed by atoms with van der Waals surface area (Å²) in [4.78, 5) is 2.20. The van der Waals surface area contributed by atoms with Crippen LogP contribution in [0.3, 0.4) is 0 Å². The molecule has 2 N–H and O–H groups in total. The molecule has 3 nitrogen and oxygen atoms in total. The van der Waals surface area contributed by atoms with Crippen LogP contribution in [0.1, 0.15) is 11.1 Å². The molecular weight excluding hydrogens is 310 g/mol. The lowest BCUT2D eigenvalue weighted by Gasteiger charge is -2.26. The third-order valence-corrected chi connectivity index (χ3v) is 4.15. The Balaban J connectivity index is 2.07. The van der Waals surface area contributed by atoms with Gasteiger partial charge in [0.25, 0.3) is 0 Å². The SMILES string of the molecule is OCCc1cccc(N(c2ccccc2)c2cccc(CCO)c2)c1. The molecule has 25 heavy (non-hydrogen) atoms. The first kappa shape index (κ1) is 17.2. The van der Waals surface area contributed by atoms with E-state index < -0.39 is 0 Å². The van der Waals surface area contributed by atoms with E-state index in [0.29, 0.717) is 12.8 Å². The minimum absolute atomic E-state index is 0.140. The molecule has 0 aliphatic heterocycles. The molecule has 0 radical (unpaired) electrons. The predicted molar refractivity (Wildman–Crippen MR) is 103 cm³/mol. The van der Waals surface area contributed by atoms with Gasteiger partial charge in [0.2, 0.25) is 0 Å². The molecule has 0 aliphatic rings. The number of aliphatic hydroxyl groups is 2. The second kappa shape index (κ2) is 8.47. The Labute approximate surface area is 148 Å². The Morgan fingerprint density at radius 3 is 1.52 bits per heavy atom. The van der Waals surface area contributed by atoms with Crippen molar-refractivity contribution in [1.82, 2.24) is 0 Å². The van der Waals surface area contributed by atoms with Crippen LogP contribution in [0.15, 0.2) is 78.9 Å². The Hall–Kier alpha value is -2.62. The fourth-order valence-corrected chi connectivity index (χ4v) is 2.98. The highest BCUT2D eigenvalue weighted by atomic mass is 16.3. The quantitative estimate of drug-likeness (QED) is 0.680. The van der Waals surface area contributed by atoms with Gasteiger partial charge < -0.3 is 15.1 Å². The van der Waals surface area contributed by atoms with Gasteiger partial charge in [0.1, 0.15) is 0 Å². The molecule has 0 aromatic heterocycles. The smallest absolute Gasteiger partial charge is 0.0471 e. The largest absolute Gasteiger partial charge is 0.396 e. The maximum Gasteiger partial charge on any atom is 0.0471 e. The molecule has 0 amide bonds. The first-order valence-electron chi connectivity index (χ1n) is 8.56. The van der Waals surface area contributed by atoms with Crippen LogP contribution in [0.4, 0.5) is 17.1 Å². The van der Waals surface area contributed by atoms with Gasteiger partial charge >= 0.3 is 0 Å². The molecule has 3 aromatic rings. The molecule has 0 spiro atoms. The van der Waals surface area contributed by atoms with E-state index in [1.54, 1.807) is 0 Å². The van der Waals surface area contributed by atoms with Gasteiger partial charge in [-0.25, -0.2) is 0 Å². The van der Waals surface area contributed by atoms with Crippen molar-refractivity contribution in [1.29, 1.82) is 0 Å². The Kier molecular flexibility index (Phi) is 5.83. The number of hydrogen-bond acceptors (Lipinski definition) is 3. The van der Waals surface area contributed by atoms with Crippen molar-refractivity contribution < 1.29 is 10.2 Å². The number of nitrogens with zero attached hydrogens (tertiary/aromatic N) is 1. The van der Waals surface area contributed by atoms with E-state index in [1.807, 2.05) is 42.5 Å². The monoisotopic (exact) mass is 333 g/mol. The van der Waals surface area contributed by atoms with E-state index in [4.69, 9.17) is 0 Å². The van der Waals surface area contributed by atoms with Crippen molar-refractivity contribution in [2.24, 2.45) is 0 Å². The molecular formula is C22H23NO2. The van der Waals surface area contributed by atoms with Gasteiger partial charge in [0, 0.05) is 30.3 Å². The molecule has 3 rings (SSSR count). The molecule has 3 aromatic carbocycles. The van der Waals surface area contributed by atoms with Crippen LogP contribution in [0.2, 0.25) is 0 Å². The molecule has 0 atom stereocenters. The highest BCUT2D eigenvalue weighted by Crippen LogP contribution is 2.35. The second-order valence-corrected chi connectivity index (χ2v) is 5.96. The van der Waals surface area contributed by atoms with Crippen molar-refractivity contribution in [3.05, 3.63) is 90.0 Å². The predicted octanol–water partition coefficient (Wildman–Crippen LogP) is 4.23. The van der Waals surface area contributed by atoms with Gasteiger partial charge in [0.15, 0.2) is 0 Å². The fraction of sp³-hybridized carbons (Fsp3) is 0.182. The normalized spacial score (nSPS) is 10.6. The number of benzene rings is 3. The maximum atomic E-state index is 9.24. The minimum Gasteiger partial charge on any atom is -0.396 e. The summed E-state index contributed by atoms with van der Waals surface area (Å²) in [6.45, 7) is 0.279. The van der Waals surface area contributed by atoms with Crippen molar-refractivity contribution in [2.45, 2.75) is 12.8 Å².